The van der Waals surface area contributed by atoms with Crippen LogP contribution in [0.5, 0.6) is 0 Å². The number of hydrogen-bond donors (Lipinski definition) is 0. The molecule has 0 radical (unpaired) electrons. The molecule has 2 aromatic heterocycles. The molecule has 3 aromatic rings. The highest BCUT2D eigenvalue weighted by atomic mass is 16.6. The van der Waals surface area contributed by atoms with Crippen LogP contribution in [0.4, 0.5) is 0 Å². The van der Waals surface area contributed by atoms with Gasteiger partial charge >= 0.3 is 5.97 Å². The second kappa shape index (κ2) is 7.03. The van der Waals surface area contributed by atoms with Crippen molar-refractivity contribution in [3.05, 3.63) is 51.3 Å². The Morgan fingerprint density at radius 1 is 1.20 bits per heavy atom. The minimum Gasteiger partial charge on any atom is -0.460 e. The minimum atomic E-state index is -0.536. The summed E-state index contributed by atoms with van der Waals surface area (Å²) in [5.41, 5.74) is 2.23. The number of benzene rings is 1. The van der Waals surface area contributed by atoms with E-state index >= 15 is 0 Å². The highest BCUT2D eigenvalue weighted by Crippen LogP contribution is 2.21. The van der Waals surface area contributed by atoms with Crippen LogP contribution in [-0.2, 0) is 15.9 Å². The molecule has 0 N–H and O–H groups in total. The van der Waals surface area contributed by atoms with E-state index in [1.807, 2.05) is 19.1 Å². The Kier molecular flexibility index (Phi) is 4.81. The first kappa shape index (κ1) is 17.1. The number of carbonyl (C=O) groups excluding carboxylic acids is 1. The third-order valence-electron chi connectivity index (χ3n) is 4.07. The quantitative estimate of drug-likeness (QED) is 0.403. The minimum absolute atomic E-state index is 0.138. The number of nitrogens with zero attached hydrogens (tertiary/aromatic N) is 1. The standard InChI is InChI=1S/C19H19NO5/c1-4-12-5-6-16-14(9-12)17(21)15-10-13(11(2)20-18(15)25-16)19(22)24-8-7-23-3/h5-6,9-10H,4,7-8H2,1-3H3. The van der Waals surface area contributed by atoms with E-state index in [9.17, 15) is 9.59 Å². The lowest BCUT2D eigenvalue weighted by atomic mass is 10.1. The van der Waals surface area contributed by atoms with Gasteiger partial charge in [-0.3, -0.25) is 4.79 Å². The maximum Gasteiger partial charge on any atom is 0.340 e. The number of fused-ring (bicyclic) bond motifs is 2. The van der Waals surface area contributed by atoms with Crippen LogP contribution in [0.25, 0.3) is 22.1 Å². The Morgan fingerprint density at radius 3 is 2.72 bits per heavy atom. The average molecular weight is 341 g/mol. The highest BCUT2D eigenvalue weighted by Gasteiger charge is 2.17. The van der Waals surface area contributed by atoms with Gasteiger partial charge in [0.2, 0.25) is 11.1 Å². The summed E-state index contributed by atoms with van der Waals surface area (Å²) in [4.78, 5) is 29.3. The number of hydrogen-bond acceptors (Lipinski definition) is 6. The van der Waals surface area contributed by atoms with Gasteiger partial charge in [-0.2, -0.15) is 0 Å². The molecule has 0 aliphatic heterocycles. The molecule has 3 rings (SSSR count). The Bertz CT molecular complexity index is 1010. The van der Waals surface area contributed by atoms with E-state index in [2.05, 4.69) is 4.98 Å². The predicted octanol–water partition coefficient (Wildman–Crippen LogP) is 3.02. The van der Waals surface area contributed by atoms with Crippen molar-refractivity contribution < 1.29 is 18.7 Å². The molecule has 6 heteroatoms. The first-order chi connectivity index (χ1) is 12.0. The summed E-state index contributed by atoms with van der Waals surface area (Å²) in [6, 6.07) is 7.01. The number of esters is 1. The van der Waals surface area contributed by atoms with Crippen LogP contribution in [0, 0.1) is 6.92 Å². The molecule has 0 spiro atoms. The molecule has 0 unspecified atom stereocenters. The van der Waals surface area contributed by atoms with Crippen molar-refractivity contribution in [1.82, 2.24) is 4.98 Å². The lowest BCUT2D eigenvalue weighted by Gasteiger charge is -2.08. The smallest absolute Gasteiger partial charge is 0.340 e. The van der Waals surface area contributed by atoms with Crippen LogP contribution in [0.1, 0.15) is 28.5 Å². The fraction of sp³-hybridized carbons (Fsp3) is 0.316. The van der Waals surface area contributed by atoms with Crippen LogP contribution in [0.2, 0.25) is 0 Å². The molecule has 0 aliphatic carbocycles. The van der Waals surface area contributed by atoms with E-state index in [0.29, 0.717) is 23.3 Å². The van der Waals surface area contributed by atoms with Crippen molar-refractivity contribution >= 4 is 28.0 Å². The van der Waals surface area contributed by atoms with E-state index in [0.717, 1.165) is 12.0 Å². The summed E-state index contributed by atoms with van der Waals surface area (Å²) in [5, 5.41) is 0.751. The van der Waals surface area contributed by atoms with E-state index in [1.54, 1.807) is 13.0 Å². The molecule has 0 amide bonds. The molecule has 0 bridgehead atoms. The van der Waals surface area contributed by atoms with Crippen molar-refractivity contribution in [2.24, 2.45) is 0 Å². The van der Waals surface area contributed by atoms with Crippen molar-refractivity contribution in [1.29, 1.82) is 0 Å². The molecule has 0 saturated heterocycles. The molecule has 0 atom stereocenters. The SMILES string of the molecule is CCc1ccc2oc3nc(C)c(C(=O)OCCOC)cc3c(=O)c2c1. The first-order valence-electron chi connectivity index (χ1n) is 8.08. The molecular weight excluding hydrogens is 322 g/mol. The maximum absolute atomic E-state index is 12.8. The lowest BCUT2D eigenvalue weighted by Crippen LogP contribution is -2.13. The van der Waals surface area contributed by atoms with Crippen LogP contribution in [0.15, 0.2) is 33.5 Å². The van der Waals surface area contributed by atoms with Gasteiger partial charge in [0.15, 0.2) is 0 Å². The molecule has 0 aliphatic rings. The number of ether oxygens (including phenoxy) is 2. The van der Waals surface area contributed by atoms with Gasteiger partial charge in [-0.05, 0) is 37.1 Å². The van der Waals surface area contributed by atoms with E-state index in [1.165, 1.54) is 13.2 Å². The van der Waals surface area contributed by atoms with E-state index in [-0.39, 0.29) is 28.7 Å². The zero-order valence-electron chi connectivity index (χ0n) is 14.4. The second-order valence-electron chi connectivity index (χ2n) is 5.72. The third kappa shape index (κ3) is 3.25. The summed E-state index contributed by atoms with van der Waals surface area (Å²) < 4.78 is 15.7. The Morgan fingerprint density at radius 2 is 2.00 bits per heavy atom. The zero-order chi connectivity index (χ0) is 18.0. The van der Waals surface area contributed by atoms with Crippen molar-refractivity contribution in [2.45, 2.75) is 20.3 Å². The van der Waals surface area contributed by atoms with Crippen LogP contribution in [-0.4, -0.2) is 31.3 Å². The Hall–Kier alpha value is -2.73. The normalized spacial score (nSPS) is 11.2. The summed E-state index contributed by atoms with van der Waals surface area (Å²) in [6.45, 7) is 4.14. The average Bonchev–Trinajstić information content (AvgIpc) is 2.61. The number of pyridine rings is 1. The molecule has 0 fully saturated rings. The number of carbonyl (C=O) groups is 1. The van der Waals surface area contributed by atoms with Crippen molar-refractivity contribution in [3.63, 3.8) is 0 Å². The van der Waals surface area contributed by atoms with Gasteiger partial charge in [0.1, 0.15) is 12.2 Å². The first-order valence-corrected chi connectivity index (χ1v) is 8.08. The van der Waals surface area contributed by atoms with Gasteiger partial charge in [0.05, 0.1) is 28.6 Å². The van der Waals surface area contributed by atoms with Gasteiger partial charge in [-0.1, -0.05) is 13.0 Å². The number of rotatable bonds is 5. The Labute approximate surface area is 144 Å². The van der Waals surface area contributed by atoms with Gasteiger partial charge in [0, 0.05) is 7.11 Å². The monoisotopic (exact) mass is 341 g/mol. The molecule has 6 nitrogen and oxygen atoms in total. The van der Waals surface area contributed by atoms with Gasteiger partial charge < -0.3 is 13.9 Å². The predicted molar refractivity (Wildman–Crippen MR) is 94.1 cm³/mol. The summed E-state index contributed by atoms with van der Waals surface area (Å²) in [5.74, 6) is -0.536. The fourth-order valence-electron chi connectivity index (χ4n) is 2.64. The number of aryl methyl sites for hydroxylation is 2. The number of aromatic nitrogens is 1. The zero-order valence-corrected chi connectivity index (χ0v) is 14.4. The van der Waals surface area contributed by atoms with Crippen molar-refractivity contribution in [2.75, 3.05) is 20.3 Å². The molecule has 2 heterocycles. The molecular formula is C19H19NO5. The molecule has 1 aromatic carbocycles. The van der Waals surface area contributed by atoms with E-state index < -0.39 is 5.97 Å². The summed E-state index contributed by atoms with van der Waals surface area (Å²) in [6.07, 6.45) is 0.816. The molecule has 0 saturated carbocycles. The molecule has 25 heavy (non-hydrogen) atoms. The Balaban J connectivity index is 2.14. The lowest BCUT2D eigenvalue weighted by molar-refractivity contribution is 0.0387. The topological polar surface area (TPSA) is 78.6 Å². The van der Waals surface area contributed by atoms with Gasteiger partial charge in [0.25, 0.3) is 0 Å². The van der Waals surface area contributed by atoms with Crippen molar-refractivity contribution in [3.8, 4) is 0 Å². The van der Waals surface area contributed by atoms with Crippen LogP contribution < -0.4 is 5.43 Å². The van der Waals surface area contributed by atoms with Gasteiger partial charge in [-0.25, -0.2) is 9.78 Å². The highest BCUT2D eigenvalue weighted by molar-refractivity contribution is 5.96. The molecule has 130 valence electrons. The fourth-order valence-corrected chi connectivity index (χ4v) is 2.64. The number of methoxy groups -OCH3 is 1. The summed E-state index contributed by atoms with van der Waals surface area (Å²) >= 11 is 0. The van der Waals surface area contributed by atoms with Crippen LogP contribution in [0.3, 0.4) is 0 Å². The second-order valence-corrected chi connectivity index (χ2v) is 5.72. The van der Waals surface area contributed by atoms with Crippen LogP contribution >= 0.6 is 0 Å². The third-order valence-corrected chi connectivity index (χ3v) is 4.07. The largest absolute Gasteiger partial charge is 0.460 e. The summed E-state index contributed by atoms with van der Waals surface area (Å²) in [7, 11) is 1.53. The van der Waals surface area contributed by atoms with Gasteiger partial charge in [-0.15, -0.1) is 0 Å². The maximum atomic E-state index is 12.8. The van der Waals surface area contributed by atoms with E-state index in [4.69, 9.17) is 13.9 Å².